The van der Waals surface area contributed by atoms with E-state index in [9.17, 15) is 9.18 Å². The van der Waals surface area contributed by atoms with E-state index in [1.807, 2.05) is 17.0 Å². The van der Waals surface area contributed by atoms with Crippen molar-refractivity contribution in [2.24, 2.45) is 0 Å². The minimum absolute atomic E-state index is 0.198. The Morgan fingerprint density at radius 1 is 1.35 bits per heavy atom. The van der Waals surface area contributed by atoms with E-state index < -0.39 is 0 Å². The van der Waals surface area contributed by atoms with Gasteiger partial charge in [0.25, 0.3) is 0 Å². The van der Waals surface area contributed by atoms with Crippen molar-refractivity contribution in [3.63, 3.8) is 0 Å². The largest absolute Gasteiger partial charge is 0.338 e. The number of halogens is 1. The van der Waals surface area contributed by atoms with Crippen LogP contribution < -0.4 is 5.32 Å². The van der Waals surface area contributed by atoms with Crippen LogP contribution in [0.3, 0.4) is 0 Å². The van der Waals surface area contributed by atoms with Crippen LogP contribution in [0.5, 0.6) is 0 Å². The number of amides is 1. The first kappa shape index (κ1) is 13.6. The molecule has 0 bridgehead atoms. The van der Waals surface area contributed by atoms with Crippen molar-refractivity contribution in [3.8, 4) is 0 Å². The third-order valence-corrected chi connectivity index (χ3v) is 4.12. The van der Waals surface area contributed by atoms with Gasteiger partial charge in [-0.15, -0.1) is 0 Å². The number of carbonyl (C=O) groups excluding carboxylic acids is 1. The van der Waals surface area contributed by atoms with Gasteiger partial charge in [-0.05, 0) is 43.9 Å². The lowest BCUT2D eigenvalue weighted by Gasteiger charge is -2.20. The lowest BCUT2D eigenvalue weighted by Crippen LogP contribution is -2.40. The van der Waals surface area contributed by atoms with Crippen LogP contribution in [-0.2, 0) is 11.2 Å². The first-order valence-corrected chi connectivity index (χ1v) is 7.42. The maximum Gasteiger partial charge on any atom is 0.224 e. The summed E-state index contributed by atoms with van der Waals surface area (Å²) < 4.78 is 12.9. The molecule has 0 aromatic heterocycles. The van der Waals surface area contributed by atoms with Gasteiger partial charge in [-0.1, -0.05) is 12.1 Å². The fraction of sp³-hybridized carbons (Fsp3) is 0.562. The molecule has 1 amide bonds. The van der Waals surface area contributed by atoms with E-state index in [0.717, 1.165) is 18.5 Å². The minimum atomic E-state index is -0.198. The summed E-state index contributed by atoms with van der Waals surface area (Å²) in [6, 6.07) is 7.71. The van der Waals surface area contributed by atoms with Crippen molar-refractivity contribution in [3.05, 3.63) is 35.6 Å². The van der Waals surface area contributed by atoms with Crippen LogP contribution >= 0.6 is 0 Å². The molecule has 3 nitrogen and oxygen atoms in total. The van der Waals surface area contributed by atoms with Crippen LogP contribution in [0, 0.1) is 5.82 Å². The van der Waals surface area contributed by atoms with Gasteiger partial charge in [0, 0.05) is 31.1 Å². The van der Waals surface area contributed by atoms with Crippen LogP contribution in [0.2, 0.25) is 0 Å². The molecular weight excluding hydrogens is 255 g/mol. The highest BCUT2D eigenvalue weighted by Gasteiger charge is 2.39. The van der Waals surface area contributed by atoms with Gasteiger partial charge in [-0.25, -0.2) is 4.39 Å². The molecule has 4 heteroatoms. The molecule has 3 rings (SSSR count). The molecule has 108 valence electrons. The number of benzene rings is 1. The first-order chi connectivity index (χ1) is 9.61. The summed E-state index contributed by atoms with van der Waals surface area (Å²) in [4.78, 5) is 13.9. The molecule has 1 heterocycles. The Morgan fingerprint density at radius 2 is 2.05 bits per heavy atom. The van der Waals surface area contributed by atoms with Gasteiger partial charge < -0.3 is 10.2 Å². The Labute approximate surface area is 119 Å². The standard InChI is InChI=1S/C16H21FN2O/c1-11(8-12-2-4-13(17)5-3-12)18-14-9-16(20)19(10-14)15-6-7-15/h2-5,11,14-15,18H,6-10H2,1H3/t11-,14-/m1/s1. The fourth-order valence-electron chi connectivity index (χ4n) is 3.02. The van der Waals surface area contributed by atoms with Gasteiger partial charge >= 0.3 is 0 Å². The van der Waals surface area contributed by atoms with Gasteiger partial charge in [0.1, 0.15) is 5.82 Å². The SMILES string of the molecule is C[C@H](Cc1ccc(F)cc1)N[C@@H]1CC(=O)N(C2CC2)C1. The summed E-state index contributed by atoms with van der Waals surface area (Å²) in [5.74, 6) is 0.0924. The number of carbonyl (C=O) groups is 1. The number of nitrogens with one attached hydrogen (secondary N) is 1. The molecule has 1 aliphatic carbocycles. The summed E-state index contributed by atoms with van der Waals surface area (Å²) in [6.07, 6.45) is 3.81. The Hall–Kier alpha value is -1.42. The van der Waals surface area contributed by atoms with Gasteiger partial charge in [0.2, 0.25) is 5.91 Å². The molecule has 0 unspecified atom stereocenters. The zero-order chi connectivity index (χ0) is 14.1. The number of hydrogen-bond acceptors (Lipinski definition) is 2. The van der Waals surface area contributed by atoms with Gasteiger partial charge in [0.15, 0.2) is 0 Å². The molecule has 0 radical (unpaired) electrons. The smallest absolute Gasteiger partial charge is 0.224 e. The second kappa shape index (κ2) is 5.52. The number of hydrogen-bond donors (Lipinski definition) is 1. The molecule has 1 aromatic rings. The van der Waals surface area contributed by atoms with E-state index in [1.54, 1.807) is 0 Å². The summed E-state index contributed by atoms with van der Waals surface area (Å²) in [5.41, 5.74) is 1.12. The van der Waals surface area contributed by atoms with E-state index in [4.69, 9.17) is 0 Å². The van der Waals surface area contributed by atoms with E-state index in [2.05, 4.69) is 12.2 Å². The molecule has 2 atom stereocenters. The maximum atomic E-state index is 12.9. The Balaban J connectivity index is 1.50. The third-order valence-electron chi connectivity index (χ3n) is 4.12. The van der Waals surface area contributed by atoms with Crippen molar-refractivity contribution < 1.29 is 9.18 Å². The number of nitrogens with zero attached hydrogens (tertiary/aromatic N) is 1. The van der Waals surface area contributed by atoms with Crippen molar-refractivity contribution in [1.29, 1.82) is 0 Å². The monoisotopic (exact) mass is 276 g/mol. The van der Waals surface area contributed by atoms with Gasteiger partial charge in [0.05, 0.1) is 0 Å². The predicted octanol–water partition coefficient (Wildman–Crippen LogP) is 2.11. The molecular formula is C16H21FN2O. The predicted molar refractivity (Wildman–Crippen MR) is 75.8 cm³/mol. The third kappa shape index (κ3) is 3.18. The van der Waals surface area contributed by atoms with Gasteiger partial charge in [-0.3, -0.25) is 4.79 Å². The quantitative estimate of drug-likeness (QED) is 0.893. The molecule has 1 aliphatic heterocycles. The zero-order valence-corrected chi connectivity index (χ0v) is 11.8. The normalized spacial score (nSPS) is 24.2. The van der Waals surface area contributed by atoms with Gasteiger partial charge in [-0.2, -0.15) is 0 Å². The zero-order valence-electron chi connectivity index (χ0n) is 11.8. The van der Waals surface area contributed by atoms with E-state index in [1.165, 1.54) is 25.0 Å². The lowest BCUT2D eigenvalue weighted by molar-refractivity contribution is -0.128. The number of likely N-dealkylation sites (tertiary alicyclic amines) is 1. The van der Waals surface area contributed by atoms with E-state index in [0.29, 0.717) is 18.4 Å². The highest BCUT2D eigenvalue weighted by molar-refractivity contribution is 5.80. The maximum absolute atomic E-state index is 12.9. The fourth-order valence-corrected chi connectivity index (χ4v) is 3.02. The average molecular weight is 276 g/mol. The molecule has 1 N–H and O–H groups in total. The average Bonchev–Trinajstić information content (AvgIpc) is 3.17. The molecule has 20 heavy (non-hydrogen) atoms. The Morgan fingerprint density at radius 3 is 2.70 bits per heavy atom. The van der Waals surface area contributed by atoms with Crippen LogP contribution in [0.15, 0.2) is 24.3 Å². The first-order valence-electron chi connectivity index (χ1n) is 7.42. The number of rotatable bonds is 5. The molecule has 1 saturated heterocycles. The highest BCUT2D eigenvalue weighted by Crippen LogP contribution is 2.30. The van der Waals surface area contributed by atoms with Crippen LogP contribution in [0.4, 0.5) is 4.39 Å². The van der Waals surface area contributed by atoms with E-state index >= 15 is 0 Å². The van der Waals surface area contributed by atoms with Crippen molar-refractivity contribution >= 4 is 5.91 Å². The topological polar surface area (TPSA) is 32.3 Å². The lowest BCUT2D eigenvalue weighted by atomic mass is 10.1. The van der Waals surface area contributed by atoms with Crippen LogP contribution in [0.1, 0.15) is 31.7 Å². The molecule has 1 saturated carbocycles. The summed E-state index contributed by atoms with van der Waals surface area (Å²) in [6.45, 7) is 2.96. The van der Waals surface area contributed by atoms with Crippen molar-refractivity contribution in [2.45, 2.75) is 50.7 Å². The Kier molecular flexibility index (Phi) is 3.74. The van der Waals surface area contributed by atoms with Crippen molar-refractivity contribution in [2.75, 3.05) is 6.54 Å². The molecule has 2 aliphatic rings. The van der Waals surface area contributed by atoms with E-state index in [-0.39, 0.29) is 17.9 Å². The van der Waals surface area contributed by atoms with Crippen LogP contribution in [-0.4, -0.2) is 35.5 Å². The summed E-state index contributed by atoms with van der Waals surface area (Å²) >= 11 is 0. The summed E-state index contributed by atoms with van der Waals surface area (Å²) in [5, 5.41) is 3.53. The van der Waals surface area contributed by atoms with Crippen molar-refractivity contribution in [1.82, 2.24) is 10.2 Å². The summed E-state index contributed by atoms with van der Waals surface area (Å²) in [7, 11) is 0. The van der Waals surface area contributed by atoms with Crippen LogP contribution in [0.25, 0.3) is 0 Å². The minimum Gasteiger partial charge on any atom is -0.338 e. The molecule has 1 aromatic carbocycles. The molecule has 0 spiro atoms. The Bertz CT molecular complexity index is 484. The highest BCUT2D eigenvalue weighted by atomic mass is 19.1. The second-order valence-corrected chi connectivity index (χ2v) is 6.08. The second-order valence-electron chi connectivity index (χ2n) is 6.08. The molecule has 2 fully saturated rings.